The molecule has 0 unspecified atom stereocenters. The molecule has 1 fully saturated rings. The molecule has 8 nitrogen and oxygen atoms in total. The lowest BCUT2D eigenvalue weighted by Gasteiger charge is -2.32. The monoisotopic (exact) mass is 339 g/mol. The fourth-order valence-electron chi connectivity index (χ4n) is 2.22. The second-order valence-electron chi connectivity index (χ2n) is 5.73. The summed E-state index contributed by atoms with van der Waals surface area (Å²) in [7, 11) is 3.40. The number of ether oxygens (including phenoxy) is 1. The van der Waals surface area contributed by atoms with Crippen LogP contribution in [0.1, 0.15) is 19.8 Å². The number of guanidine groups is 1. The van der Waals surface area contributed by atoms with Gasteiger partial charge >= 0.3 is 6.09 Å². The van der Waals surface area contributed by atoms with Gasteiger partial charge in [-0.25, -0.2) is 9.79 Å². The van der Waals surface area contributed by atoms with Gasteiger partial charge in [-0.05, 0) is 19.8 Å². The van der Waals surface area contributed by atoms with Crippen molar-refractivity contribution in [2.45, 2.75) is 25.8 Å². The van der Waals surface area contributed by atoms with Crippen LogP contribution in [0, 0.1) is 0 Å². The van der Waals surface area contributed by atoms with Crippen molar-refractivity contribution in [2.24, 2.45) is 4.99 Å². The van der Waals surface area contributed by atoms with Crippen LogP contribution < -0.4 is 10.6 Å². The molecule has 2 amide bonds. The minimum Gasteiger partial charge on any atom is -0.450 e. The van der Waals surface area contributed by atoms with E-state index in [1.54, 1.807) is 32.0 Å². The Hall–Kier alpha value is -2.25. The van der Waals surface area contributed by atoms with E-state index >= 15 is 0 Å². The molecule has 8 heteroatoms. The van der Waals surface area contributed by atoms with E-state index < -0.39 is 0 Å². The largest absolute Gasteiger partial charge is 0.450 e. The number of amides is 2. The standard InChI is InChI=1S/C16H29N5O3/c1-5-9-17-15(18-12-14(22)20(3)4)19-13-7-10-21(11-8-13)16(23)24-6-2/h5,13H,1,6-12H2,2-4H3,(H2,17,18,19). The van der Waals surface area contributed by atoms with E-state index in [9.17, 15) is 9.59 Å². The normalized spacial score (nSPS) is 15.6. The first-order valence-electron chi connectivity index (χ1n) is 8.25. The number of aliphatic imine (C=N–C) groups is 1. The van der Waals surface area contributed by atoms with Gasteiger partial charge in [-0.15, -0.1) is 6.58 Å². The van der Waals surface area contributed by atoms with Crippen molar-refractivity contribution in [1.82, 2.24) is 20.4 Å². The van der Waals surface area contributed by atoms with Crippen molar-refractivity contribution in [3.63, 3.8) is 0 Å². The number of likely N-dealkylation sites (N-methyl/N-ethyl adjacent to an activating group) is 1. The summed E-state index contributed by atoms with van der Waals surface area (Å²) in [6.07, 6.45) is 3.07. The lowest BCUT2D eigenvalue weighted by atomic mass is 10.1. The van der Waals surface area contributed by atoms with Gasteiger partial charge in [0.1, 0.15) is 6.54 Å². The molecule has 2 N–H and O–H groups in total. The Kier molecular flexibility index (Phi) is 8.67. The van der Waals surface area contributed by atoms with E-state index in [0.717, 1.165) is 12.8 Å². The topological polar surface area (TPSA) is 86.3 Å². The summed E-state index contributed by atoms with van der Waals surface area (Å²) in [5, 5.41) is 6.43. The highest BCUT2D eigenvalue weighted by molar-refractivity contribution is 5.85. The summed E-state index contributed by atoms with van der Waals surface area (Å²) >= 11 is 0. The highest BCUT2D eigenvalue weighted by Crippen LogP contribution is 2.11. The van der Waals surface area contributed by atoms with Crippen molar-refractivity contribution in [2.75, 3.05) is 46.9 Å². The minimum absolute atomic E-state index is 0.0631. The highest BCUT2D eigenvalue weighted by Gasteiger charge is 2.24. The van der Waals surface area contributed by atoms with Gasteiger partial charge in [0.05, 0.1) is 6.61 Å². The quantitative estimate of drug-likeness (QED) is 0.416. The first-order chi connectivity index (χ1) is 11.5. The van der Waals surface area contributed by atoms with Gasteiger partial charge in [0.15, 0.2) is 5.96 Å². The molecular weight excluding hydrogens is 310 g/mol. The van der Waals surface area contributed by atoms with Crippen LogP contribution in [-0.2, 0) is 9.53 Å². The average molecular weight is 339 g/mol. The zero-order valence-corrected chi connectivity index (χ0v) is 14.9. The van der Waals surface area contributed by atoms with Crippen molar-refractivity contribution < 1.29 is 14.3 Å². The van der Waals surface area contributed by atoms with E-state index in [1.807, 2.05) is 0 Å². The van der Waals surface area contributed by atoms with Crippen LogP contribution in [0.2, 0.25) is 0 Å². The molecule has 0 bridgehead atoms. The Morgan fingerprint density at radius 3 is 2.58 bits per heavy atom. The number of piperidine rings is 1. The molecule has 0 radical (unpaired) electrons. The van der Waals surface area contributed by atoms with Crippen molar-refractivity contribution >= 4 is 18.0 Å². The predicted octanol–water partition coefficient (Wildman–Crippen LogP) is 0.417. The van der Waals surface area contributed by atoms with Gasteiger partial charge in [-0.2, -0.15) is 0 Å². The minimum atomic E-state index is -0.258. The number of carbonyl (C=O) groups is 2. The Balaban J connectivity index is 2.52. The maximum atomic E-state index is 11.7. The van der Waals surface area contributed by atoms with E-state index in [2.05, 4.69) is 22.2 Å². The molecule has 1 rings (SSSR count). The lowest BCUT2D eigenvalue weighted by molar-refractivity contribution is -0.127. The molecule has 0 aromatic carbocycles. The molecule has 1 heterocycles. The maximum absolute atomic E-state index is 11.7. The van der Waals surface area contributed by atoms with Crippen LogP contribution in [0.15, 0.2) is 17.6 Å². The second kappa shape index (κ2) is 10.5. The number of carbonyl (C=O) groups excluding carboxylic acids is 2. The molecule has 1 aliphatic rings. The third kappa shape index (κ3) is 6.89. The maximum Gasteiger partial charge on any atom is 0.409 e. The summed E-state index contributed by atoms with van der Waals surface area (Å²) in [6.45, 7) is 7.79. The smallest absolute Gasteiger partial charge is 0.409 e. The molecule has 1 aliphatic heterocycles. The SMILES string of the molecule is C=CCNC(=NCC(=O)N(C)C)NC1CCN(C(=O)OCC)CC1. The van der Waals surface area contributed by atoms with Gasteiger partial charge in [-0.3, -0.25) is 4.79 Å². The Labute approximate surface area is 143 Å². The van der Waals surface area contributed by atoms with Crippen LogP contribution in [0.4, 0.5) is 4.79 Å². The summed E-state index contributed by atoms with van der Waals surface area (Å²) in [5.41, 5.74) is 0. The Morgan fingerprint density at radius 1 is 1.38 bits per heavy atom. The van der Waals surface area contributed by atoms with E-state index in [-0.39, 0.29) is 24.6 Å². The summed E-state index contributed by atoms with van der Waals surface area (Å²) in [6, 6.07) is 0.196. The third-order valence-electron chi connectivity index (χ3n) is 3.65. The Morgan fingerprint density at radius 2 is 2.04 bits per heavy atom. The summed E-state index contributed by atoms with van der Waals surface area (Å²) < 4.78 is 5.02. The van der Waals surface area contributed by atoms with Gasteiger partial charge < -0.3 is 25.2 Å². The van der Waals surface area contributed by atoms with Crippen LogP contribution >= 0.6 is 0 Å². The number of hydrogen-bond donors (Lipinski definition) is 2. The van der Waals surface area contributed by atoms with Gasteiger partial charge in [-0.1, -0.05) is 6.08 Å². The van der Waals surface area contributed by atoms with Crippen molar-refractivity contribution in [1.29, 1.82) is 0 Å². The molecule has 0 atom stereocenters. The molecule has 0 aromatic heterocycles. The Bertz CT molecular complexity index is 457. The number of likely N-dealkylation sites (tertiary alicyclic amines) is 1. The van der Waals surface area contributed by atoms with Crippen LogP contribution in [0.25, 0.3) is 0 Å². The molecule has 24 heavy (non-hydrogen) atoms. The zero-order chi connectivity index (χ0) is 17.9. The van der Waals surface area contributed by atoms with E-state index in [0.29, 0.717) is 32.2 Å². The molecule has 0 aliphatic carbocycles. The predicted molar refractivity (Wildman–Crippen MR) is 93.9 cm³/mol. The number of hydrogen-bond acceptors (Lipinski definition) is 4. The van der Waals surface area contributed by atoms with Gasteiger partial charge in [0, 0.05) is 39.8 Å². The summed E-state index contributed by atoms with van der Waals surface area (Å²) in [4.78, 5) is 30.9. The highest BCUT2D eigenvalue weighted by atomic mass is 16.6. The van der Waals surface area contributed by atoms with E-state index in [4.69, 9.17) is 4.74 Å². The molecular formula is C16H29N5O3. The fraction of sp³-hybridized carbons (Fsp3) is 0.688. The first-order valence-corrected chi connectivity index (χ1v) is 8.25. The summed E-state index contributed by atoms with van der Waals surface area (Å²) in [5.74, 6) is 0.520. The number of rotatable bonds is 6. The zero-order valence-electron chi connectivity index (χ0n) is 14.9. The van der Waals surface area contributed by atoms with Crippen LogP contribution in [0.5, 0.6) is 0 Å². The van der Waals surface area contributed by atoms with Crippen LogP contribution in [-0.4, -0.2) is 80.7 Å². The van der Waals surface area contributed by atoms with E-state index in [1.165, 1.54) is 4.90 Å². The molecule has 0 spiro atoms. The van der Waals surface area contributed by atoms with Crippen LogP contribution in [0.3, 0.4) is 0 Å². The lowest BCUT2D eigenvalue weighted by Crippen LogP contribution is -2.50. The van der Waals surface area contributed by atoms with Crippen molar-refractivity contribution in [3.05, 3.63) is 12.7 Å². The fourth-order valence-corrected chi connectivity index (χ4v) is 2.22. The molecule has 136 valence electrons. The van der Waals surface area contributed by atoms with Crippen molar-refractivity contribution in [3.8, 4) is 0 Å². The second-order valence-corrected chi connectivity index (χ2v) is 5.73. The first kappa shape index (κ1) is 19.8. The number of nitrogens with one attached hydrogen (secondary N) is 2. The molecule has 1 saturated heterocycles. The average Bonchev–Trinajstić information content (AvgIpc) is 2.57. The third-order valence-corrected chi connectivity index (χ3v) is 3.65. The molecule has 0 aromatic rings. The van der Waals surface area contributed by atoms with Gasteiger partial charge in [0.2, 0.25) is 5.91 Å². The van der Waals surface area contributed by atoms with Gasteiger partial charge in [0.25, 0.3) is 0 Å². The molecule has 0 saturated carbocycles. The number of nitrogens with zero attached hydrogens (tertiary/aromatic N) is 3.